The Morgan fingerprint density at radius 2 is 1.59 bits per heavy atom. The van der Waals surface area contributed by atoms with Gasteiger partial charge < -0.3 is 9.80 Å². The molecule has 0 saturated carbocycles. The van der Waals surface area contributed by atoms with E-state index < -0.39 is 0 Å². The van der Waals surface area contributed by atoms with E-state index in [4.69, 9.17) is 0 Å². The van der Waals surface area contributed by atoms with E-state index in [2.05, 4.69) is 160 Å². The molecule has 0 spiro atoms. The Kier molecular flexibility index (Phi) is 4.89. The summed E-state index contributed by atoms with van der Waals surface area (Å²) in [5, 5.41) is 2.69. The van der Waals surface area contributed by atoms with Crippen molar-refractivity contribution in [2.75, 3.05) is 9.80 Å². The van der Waals surface area contributed by atoms with Crippen LogP contribution >= 0.6 is 11.3 Å². The zero-order chi connectivity index (χ0) is 29.9. The molecule has 0 radical (unpaired) electrons. The highest BCUT2D eigenvalue weighted by molar-refractivity contribution is 7.25. The van der Waals surface area contributed by atoms with E-state index >= 15 is 0 Å². The average Bonchev–Trinajstić information content (AvgIpc) is 3.76. The van der Waals surface area contributed by atoms with Gasteiger partial charge in [0.1, 0.15) is 11.7 Å². The van der Waals surface area contributed by atoms with Crippen molar-refractivity contribution in [2.24, 2.45) is 0 Å². The normalized spacial score (nSPS) is 21.9. The molecule has 216 valence electrons. The standard InChI is InChI=1S/C42H28N3S/c1-2-11-26(12-3-1)43-35-17-7-8-18-36(35)45-39-24-31-28-13-4-6-16-34(28)44(38(31)25-32(39)30-15-10-19-37(43)42(30)45)27-21-22-41-33(23-27)29-14-5-9-20-40(29)46-41/h1-23,25,34,42H,24H2/q+1. The molecule has 11 rings (SSSR count). The molecule has 4 heterocycles. The monoisotopic (exact) mass is 606 g/mol. The molecule has 5 aromatic rings. The summed E-state index contributed by atoms with van der Waals surface area (Å²) in [6.45, 7) is 0. The van der Waals surface area contributed by atoms with Crippen LogP contribution in [0, 0.1) is 0 Å². The van der Waals surface area contributed by atoms with Gasteiger partial charge in [0.05, 0.1) is 6.04 Å². The molecule has 0 N–H and O–H groups in total. The summed E-state index contributed by atoms with van der Waals surface area (Å²) in [6, 6.07) is 36.0. The van der Waals surface area contributed by atoms with Crippen LogP contribution in [-0.4, -0.2) is 17.8 Å². The number of nitrogens with zero attached hydrogens (tertiary/aromatic N) is 3. The molecule has 3 aliphatic heterocycles. The van der Waals surface area contributed by atoms with Crippen LogP contribution in [0.15, 0.2) is 179 Å². The van der Waals surface area contributed by atoms with Crippen LogP contribution in [0.2, 0.25) is 0 Å². The SMILES string of the molecule is C1=CC2=C3CC4=C(C=C3N(c3ccc5sc6ccccc6c5c3)C2C=C1)C1=CC=CC2=[N+](c3ccccc3)c3ccccc3N4C12. The lowest BCUT2D eigenvalue weighted by molar-refractivity contribution is 0.851. The molecule has 2 unspecified atom stereocenters. The number of anilines is 2. The van der Waals surface area contributed by atoms with Crippen molar-refractivity contribution in [3.05, 3.63) is 179 Å². The summed E-state index contributed by atoms with van der Waals surface area (Å²) >= 11 is 1.88. The molecule has 6 aliphatic rings. The predicted octanol–water partition coefficient (Wildman–Crippen LogP) is 9.88. The highest BCUT2D eigenvalue weighted by atomic mass is 32.1. The van der Waals surface area contributed by atoms with Crippen molar-refractivity contribution < 1.29 is 0 Å². The van der Waals surface area contributed by atoms with Crippen LogP contribution in [-0.2, 0) is 0 Å². The molecule has 2 atom stereocenters. The van der Waals surface area contributed by atoms with Crippen LogP contribution in [0.4, 0.5) is 22.7 Å². The average molecular weight is 607 g/mol. The number of hydrogen-bond acceptors (Lipinski definition) is 3. The van der Waals surface area contributed by atoms with E-state index in [1.165, 1.54) is 82.3 Å². The van der Waals surface area contributed by atoms with Crippen LogP contribution < -0.4 is 14.4 Å². The first-order valence-electron chi connectivity index (χ1n) is 16.1. The minimum absolute atomic E-state index is 0.144. The van der Waals surface area contributed by atoms with E-state index in [0.717, 1.165) is 6.42 Å². The van der Waals surface area contributed by atoms with Gasteiger partial charge in [-0.25, -0.2) is 0 Å². The van der Waals surface area contributed by atoms with Gasteiger partial charge in [-0.2, -0.15) is 4.58 Å². The predicted molar refractivity (Wildman–Crippen MR) is 193 cm³/mol. The molecular weight excluding hydrogens is 579 g/mol. The molecule has 46 heavy (non-hydrogen) atoms. The number of thiophene rings is 1. The van der Waals surface area contributed by atoms with Crippen molar-refractivity contribution in [1.29, 1.82) is 0 Å². The fraction of sp³-hybridized carbons (Fsp3) is 0.0714. The second-order valence-electron chi connectivity index (χ2n) is 12.7. The maximum Gasteiger partial charge on any atom is 0.235 e. The summed E-state index contributed by atoms with van der Waals surface area (Å²) in [5.74, 6) is 0. The number of rotatable bonds is 2. The summed E-state index contributed by atoms with van der Waals surface area (Å²) in [6.07, 6.45) is 19.5. The topological polar surface area (TPSA) is 9.49 Å². The zero-order valence-corrected chi connectivity index (χ0v) is 25.8. The molecule has 4 aromatic carbocycles. The van der Waals surface area contributed by atoms with Gasteiger partial charge in [-0.3, -0.25) is 0 Å². The summed E-state index contributed by atoms with van der Waals surface area (Å²) in [4.78, 5) is 5.23. The van der Waals surface area contributed by atoms with Gasteiger partial charge in [0.25, 0.3) is 0 Å². The van der Waals surface area contributed by atoms with Gasteiger partial charge >= 0.3 is 0 Å². The molecule has 0 amide bonds. The third kappa shape index (κ3) is 3.19. The number of fused-ring (bicyclic) bond motifs is 9. The molecule has 3 aliphatic carbocycles. The first kappa shape index (κ1) is 24.8. The largest absolute Gasteiger partial charge is 0.330 e. The van der Waals surface area contributed by atoms with Gasteiger partial charge in [0, 0.05) is 73.5 Å². The van der Waals surface area contributed by atoms with Crippen LogP contribution in [0.5, 0.6) is 0 Å². The number of para-hydroxylation sites is 3. The van der Waals surface area contributed by atoms with E-state index in [1.807, 2.05) is 11.3 Å². The van der Waals surface area contributed by atoms with Crippen LogP contribution in [0.1, 0.15) is 6.42 Å². The second-order valence-corrected chi connectivity index (χ2v) is 13.8. The quantitative estimate of drug-likeness (QED) is 0.185. The lowest BCUT2D eigenvalue weighted by Crippen LogP contribution is -2.45. The minimum Gasteiger partial charge on any atom is -0.330 e. The molecule has 4 heteroatoms. The zero-order valence-electron chi connectivity index (χ0n) is 25.0. The number of benzene rings is 4. The fourth-order valence-corrected chi connectivity index (χ4v) is 9.62. The number of allylic oxidation sites excluding steroid dienone is 7. The Morgan fingerprint density at radius 3 is 2.54 bits per heavy atom. The molecule has 0 bridgehead atoms. The van der Waals surface area contributed by atoms with Crippen LogP contribution in [0.3, 0.4) is 0 Å². The maximum absolute atomic E-state index is 2.64. The molecular formula is C42H28N3S+. The Bertz CT molecular complexity index is 2460. The summed E-state index contributed by atoms with van der Waals surface area (Å²) in [7, 11) is 0. The second kappa shape index (κ2) is 9.06. The smallest absolute Gasteiger partial charge is 0.235 e. The Hall–Kier alpha value is -5.45. The van der Waals surface area contributed by atoms with E-state index in [9.17, 15) is 0 Å². The van der Waals surface area contributed by atoms with Gasteiger partial charge in [-0.05, 0) is 53.1 Å². The minimum atomic E-state index is 0.144. The van der Waals surface area contributed by atoms with Gasteiger partial charge in [-0.15, -0.1) is 11.3 Å². The van der Waals surface area contributed by atoms with Gasteiger partial charge in [0.15, 0.2) is 0 Å². The molecule has 0 fully saturated rings. The van der Waals surface area contributed by atoms with Crippen molar-refractivity contribution in [3.63, 3.8) is 0 Å². The van der Waals surface area contributed by atoms with Crippen LogP contribution in [0.25, 0.3) is 20.2 Å². The molecule has 1 aromatic heterocycles. The molecule has 3 nitrogen and oxygen atoms in total. The van der Waals surface area contributed by atoms with Gasteiger partial charge in [-0.1, -0.05) is 85.0 Å². The third-order valence-electron chi connectivity index (χ3n) is 10.4. The Morgan fingerprint density at radius 1 is 0.739 bits per heavy atom. The van der Waals surface area contributed by atoms with E-state index in [1.54, 1.807) is 0 Å². The van der Waals surface area contributed by atoms with Crippen molar-refractivity contribution in [2.45, 2.75) is 18.5 Å². The Balaban J connectivity index is 1.12. The van der Waals surface area contributed by atoms with Gasteiger partial charge in [0.2, 0.25) is 17.1 Å². The fourth-order valence-electron chi connectivity index (χ4n) is 8.54. The van der Waals surface area contributed by atoms with Crippen molar-refractivity contribution >= 4 is 60.0 Å². The highest BCUT2D eigenvalue weighted by Crippen LogP contribution is 2.55. The van der Waals surface area contributed by atoms with Crippen molar-refractivity contribution in [3.8, 4) is 0 Å². The summed E-state index contributed by atoms with van der Waals surface area (Å²) in [5.41, 5.74) is 14.6. The Labute approximate surface area is 271 Å². The lowest BCUT2D eigenvalue weighted by atomic mass is 9.88. The lowest BCUT2D eigenvalue weighted by Gasteiger charge is -2.35. The maximum atomic E-state index is 2.64. The van der Waals surface area contributed by atoms with E-state index in [0.29, 0.717) is 0 Å². The van der Waals surface area contributed by atoms with Crippen molar-refractivity contribution in [1.82, 2.24) is 4.58 Å². The first-order chi connectivity index (χ1) is 22.8. The third-order valence-corrected chi connectivity index (χ3v) is 11.6. The number of hydrogen-bond donors (Lipinski definition) is 0. The van der Waals surface area contributed by atoms with E-state index in [-0.39, 0.29) is 12.1 Å². The first-order valence-corrected chi connectivity index (χ1v) is 16.9. The highest BCUT2D eigenvalue weighted by Gasteiger charge is 2.51. The summed E-state index contributed by atoms with van der Waals surface area (Å²) < 4.78 is 5.15. The molecule has 0 saturated heterocycles.